The van der Waals surface area contributed by atoms with Crippen LogP contribution in [0.3, 0.4) is 0 Å². The number of hydrogen-bond donors (Lipinski definition) is 0. The fraction of sp³-hybridized carbons (Fsp3) is 0.143. The molecule has 0 aliphatic carbocycles. The van der Waals surface area contributed by atoms with E-state index in [1.54, 1.807) is 23.5 Å². The van der Waals surface area contributed by atoms with Crippen molar-refractivity contribution in [1.29, 1.82) is 0 Å². The van der Waals surface area contributed by atoms with Crippen LogP contribution in [0.2, 0.25) is 0 Å². The largest absolute Gasteiger partial charge is 0.457 e. The predicted molar refractivity (Wildman–Crippen MR) is 146 cm³/mol. The van der Waals surface area contributed by atoms with Gasteiger partial charge < -0.3 is 8.92 Å². The number of hydrogen-bond acceptors (Lipinski definition) is 5. The van der Waals surface area contributed by atoms with Crippen molar-refractivity contribution in [2.45, 2.75) is 28.5 Å². The molecule has 0 spiro atoms. The second-order valence-corrected chi connectivity index (χ2v) is 10.3. The molecular formula is C28H28O3S3. The average Bonchev–Trinajstić information content (AvgIpc) is 2.87. The molecule has 176 valence electrons. The van der Waals surface area contributed by atoms with Gasteiger partial charge in [0.1, 0.15) is 17.2 Å². The molecule has 0 saturated heterocycles. The zero-order valence-corrected chi connectivity index (χ0v) is 22.1. The van der Waals surface area contributed by atoms with Crippen LogP contribution in [0, 0.1) is 13.8 Å². The van der Waals surface area contributed by atoms with E-state index < -0.39 is 11.1 Å². The molecule has 0 N–H and O–H groups in total. The molecule has 4 rings (SSSR count). The van der Waals surface area contributed by atoms with E-state index in [2.05, 4.69) is 25.3 Å². The van der Waals surface area contributed by atoms with E-state index in [0.29, 0.717) is 10.6 Å². The van der Waals surface area contributed by atoms with Crippen LogP contribution in [0.25, 0.3) is 0 Å². The second-order valence-electron chi connectivity index (χ2n) is 7.40. The number of thioether (sulfide) groups is 2. The minimum atomic E-state index is -1.46. The highest BCUT2D eigenvalue weighted by Crippen LogP contribution is 2.24. The predicted octanol–water partition coefficient (Wildman–Crippen LogP) is 8.33. The Balaban J connectivity index is 0.000000192. The van der Waals surface area contributed by atoms with E-state index in [-0.39, 0.29) is 0 Å². The smallest absolute Gasteiger partial charge is 0.240 e. The van der Waals surface area contributed by atoms with Crippen molar-refractivity contribution >= 4 is 34.6 Å². The van der Waals surface area contributed by atoms with Crippen molar-refractivity contribution in [2.75, 3.05) is 12.5 Å². The van der Waals surface area contributed by atoms with Crippen LogP contribution in [0.4, 0.5) is 0 Å². The average molecular weight is 509 g/mol. The van der Waals surface area contributed by atoms with Gasteiger partial charge in [-0.3, -0.25) is 0 Å². The normalized spacial score (nSPS) is 11.2. The zero-order chi connectivity index (χ0) is 24.3. The lowest BCUT2D eigenvalue weighted by Crippen LogP contribution is -2.00. The SMILES string of the molecule is CSc1ccc(OS(=O)c2ccc(C)cc2)cc1.CSc1ccc(Oc2ccc(C)cc2)cc1. The van der Waals surface area contributed by atoms with Crippen LogP contribution < -0.4 is 8.92 Å². The van der Waals surface area contributed by atoms with Crippen molar-refractivity contribution in [3.8, 4) is 17.2 Å². The Morgan fingerprint density at radius 1 is 0.559 bits per heavy atom. The highest BCUT2D eigenvalue weighted by molar-refractivity contribution is 7.98. The molecule has 0 amide bonds. The number of benzene rings is 4. The van der Waals surface area contributed by atoms with E-state index in [9.17, 15) is 4.21 Å². The van der Waals surface area contributed by atoms with Gasteiger partial charge in [0.05, 0.1) is 4.90 Å². The molecule has 1 unspecified atom stereocenters. The monoisotopic (exact) mass is 508 g/mol. The molecule has 0 saturated carbocycles. The molecule has 0 aliphatic rings. The van der Waals surface area contributed by atoms with E-state index in [4.69, 9.17) is 8.92 Å². The lowest BCUT2D eigenvalue weighted by Gasteiger charge is -2.06. The molecule has 6 heteroatoms. The summed E-state index contributed by atoms with van der Waals surface area (Å²) in [7, 11) is 0. The fourth-order valence-corrected chi connectivity index (χ4v) is 4.36. The maximum atomic E-state index is 12.0. The standard InChI is InChI=1S/C14H14O2S2.C14H14OS/c1-11-3-9-14(10-4-11)18(15)16-12-5-7-13(17-2)8-6-12;1-11-3-5-12(6-4-11)15-13-7-9-14(16-2)10-8-13/h3-10H,1-2H3;3-10H,1-2H3. The molecule has 4 aromatic carbocycles. The molecule has 0 radical (unpaired) electrons. The van der Waals surface area contributed by atoms with E-state index in [1.807, 2.05) is 98.1 Å². The number of aryl methyl sites for hydroxylation is 2. The molecule has 1 atom stereocenters. The van der Waals surface area contributed by atoms with E-state index >= 15 is 0 Å². The maximum absolute atomic E-state index is 12.0. The van der Waals surface area contributed by atoms with Gasteiger partial charge >= 0.3 is 0 Å². The van der Waals surface area contributed by atoms with Gasteiger partial charge in [-0.25, -0.2) is 4.21 Å². The summed E-state index contributed by atoms with van der Waals surface area (Å²) in [5.41, 5.74) is 2.38. The van der Waals surface area contributed by atoms with Crippen LogP contribution in [-0.2, 0) is 11.1 Å². The Hall–Kier alpha value is -2.67. The summed E-state index contributed by atoms with van der Waals surface area (Å²) in [6.45, 7) is 4.06. The third-order valence-electron chi connectivity index (χ3n) is 4.76. The molecule has 4 aromatic rings. The Bertz CT molecular complexity index is 1170. The van der Waals surface area contributed by atoms with E-state index in [1.165, 1.54) is 10.5 Å². The summed E-state index contributed by atoms with van der Waals surface area (Å²) in [6, 6.07) is 31.2. The fourth-order valence-electron chi connectivity index (χ4n) is 2.80. The van der Waals surface area contributed by atoms with Gasteiger partial charge in [0.2, 0.25) is 11.1 Å². The van der Waals surface area contributed by atoms with Gasteiger partial charge in [0.25, 0.3) is 0 Å². The van der Waals surface area contributed by atoms with Gasteiger partial charge in [-0.05, 0) is 99.2 Å². The first-order chi connectivity index (χ1) is 16.5. The number of rotatable bonds is 7. The van der Waals surface area contributed by atoms with Crippen LogP contribution in [-0.4, -0.2) is 16.7 Å². The lowest BCUT2D eigenvalue weighted by molar-refractivity contribution is 0.482. The Morgan fingerprint density at radius 2 is 0.941 bits per heavy atom. The Kier molecular flexibility index (Phi) is 10.1. The van der Waals surface area contributed by atoms with E-state index in [0.717, 1.165) is 22.0 Å². The summed E-state index contributed by atoms with van der Waals surface area (Å²) in [4.78, 5) is 3.08. The highest BCUT2D eigenvalue weighted by atomic mass is 32.2. The van der Waals surface area contributed by atoms with Gasteiger partial charge in [-0.1, -0.05) is 35.4 Å². The highest BCUT2D eigenvalue weighted by Gasteiger charge is 2.06. The third kappa shape index (κ3) is 8.28. The Labute approximate surface area is 213 Å². The second kappa shape index (κ2) is 13.3. The summed E-state index contributed by atoms with van der Waals surface area (Å²) in [5.74, 6) is 2.37. The first-order valence-electron chi connectivity index (χ1n) is 10.7. The van der Waals surface area contributed by atoms with Crippen LogP contribution in [0.5, 0.6) is 17.2 Å². The zero-order valence-electron chi connectivity index (χ0n) is 19.7. The van der Waals surface area contributed by atoms with Crippen LogP contribution >= 0.6 is 23.5 Å². The van der Waals surface area contributed by atoms with Gasteiger partial charge in [0.15, 0.2) is 0 Å². The van der Waals surface area contributed by atoms with Crippen molar-refractivity contribution < 1.29 is 13.1 Å². The maximum Gasteiger partial charge on any atom is 0.240 e. The Morgan fingerprint density at radius 3 is 1.38 bits per heavy atom. The van der Waals surface area contributed by atoms with Crippen molar-refractivity contribution in [1.82, 2.24) is 0 Å². The first-order valence-corrected chi connectivity index (χ1v) is 14.2. The topological polar surface area (TPSA) is 35.5 Å². The quantitative estimate of drug-likeness (QED) is 0.235. The summed E-state index contributed by atoms with van der Waals surface area (Å²) >= 11 is 1.94. The lowest BCUT2D eigenvalue weighted by atomic mass is 10.2. The third-order valence-corrected chi connectivity index (χ3v) is 7.25. The van der Waals surface area contributed by atoms with Crippen molar-refractivity contribution in [3.05, 3.63) is 108 Å². The van der Waals surface area contributed by atoms with Gasteiger partial charge in [0, 0.05) is 9.79 Å². The molecule has 0 aliphatic heterocycles. The molecule has 34 heavy (non-hydrogen) atoms. The molecule has 0 aromatic heterocycles. The summed E-state index contributed by atoms with van der Waals surface area (Å²) in [5, 5.41) is 0. The molecule has 0 heterocycles. The van der Waals surface area contributed by atoms with Crippen LogP contribution in [0.15, 0.2) is 112 Å². The summed E-state index contributed by atoms with van der Waals surface area (Å²) < 4.78 is 23.1. The van der Waals surface area contributed by atoms with Crippen molar-refractivity contribution in [3.63, 3.8) is 0 Å². The minimum absolute atomic E-state index is 0.617. The van der Waals surface area contributed by atoms with Gasteiger partial charge in [-0.2, -0.15) is 0 Å². The number of ether oxygens (including phenoxy) is 1. The van der Waals surface area contributed by atoms with Crippen LogP contribution in [0.1, 0.15) is 11.1 Å². The summed E-state index contributed by atoms with van der Waals surface area (Å²) in [6.07, 6.45) is 4.08. The molecule has 0 bridgehead atoms. The molecule has 0 fully saturated rings. The minimum Gasteiger partial charge on any atom is -0.457 e. The first kappa shape index (κ1) is 25.9. The molecule has 3 nitrogen and oxygen atoms in total. The van der Waals surface area contributed by atoms with Gasteiger partial charge in [-0.15, -0.1) is 23.5 Å². The molecular weight excluding hydrogens is 481 g/mol. The van der Waals surface area contributed by atoms with Crippen molar-refractivity contribution in [2.24, 2.45) is 0 Å².